The summed E-state index contributed by atoms with van der Waals surface area (Å²) in [4.78, 5) is 0. The van der Waals surface area contributed by atoms with Gasteiger partial charge in [0.1, 0.15) is 0 Å². The van der Waals surface area contributed by atoms with E-state index in [0.717, 1.165) is 5.56 Å². The van der Waals surface area contributed by atoms with Crippen LogP contribution in [0.2, 0.25) is 0 Å². The van der Waals surface area contributed by atoms with Crippen molar-refractivity contribution in [2.45, 2.75) is 0 Å². The molecule has 66 valence electrons. The molecule has 0 aliphatic heterocycles. The molecular formula is C14H10. The molecule has 0 heterocycles. The summed E-state index contributed by atoms with van der Waals surface area (Å²) in [6, 6.07) is 22.1. The maximum atomic E-state index is 3.10. The van der Waals surface area contributed by atoms with Crippen LogP contribution in [0.3, 0.4) is 0 Å². The monoisotopic (exact) mass is 178 g/mol. The van der Waals surface area contributed by atoms with Crippen molar-refractivity contribution < 1.29 is 0 Å². The van der Waals surface area contributed by atoms with Gasteiger partial charge in [0.15, 0.2) is 0 Å². The lowest BCUT2D eigenvalue weighted by Crippen LogP contribution is -1.71. The van der Waals surface area contributed by atoms with Crippen LogP contribution >= 0.6 is 0 Å². The predicted molar refractivity (Wildman–Crippen MR) is 59.5 cm³/mol. The standard InChI is InChI=1S/C14H10/c1-3-7-13(8-4-1)11-12-14-9-5-2-6-10-14/h1-8,11-12H. The second kappa shape index (κ2) is 4.43. The van der Waals surface area contributed by atoms with Crippen LogP contribution in [-0.4, -0.2) is 0 Å². The van der Waals surface area contributed by atoms with E-state index in [0.29, 0.717) is 0 Å². The molecule has 0 heteroatoms. The van der Waals surface area contributed by atoms with Crippen LogP contribution in [0.5, 0.6) is 0 Å². The maximum Gasteiger partial charge on any atom is -0.00987 e. The van der Waals surface area contributed by atoms with Crippen molar-refractivity contribution in [2.75, 3.05) is 0 Å². The molecule has 0 bridgehead atoms. The van der Waals surface area contributed by atoms with Crippen LogP contribution in [0, 0.1) is 12.1 Å². The smallest absolute Gasteiger partial charge is 0.00987 e. The van der Waals surface area contributed by atoms with E-state index in [1.165, 1.54) is 5.56 Å². The van der Waals surface area contributed by atoms with Crippen molar-refractivity contribution in [3.05, 3.63) is 71.8 Å². The Hall–Kier alpha value is -1.82. The van der Waals surface area contributed by atoms with Crippen LogP contribution in [0.15, 0.2) is 48.5 Å². The first-order valence-electron chi connectivity index (χ1n) is 4.57. The fourth-order valence-electron chi connectivity index (χ4n) is 1.21. The van der Waals surface area contributed by atoms with Gasteiger partial charge in [0.2, 0.25) is 0 Å². The quantitative estimate of drug-likeness (QED) is 0.618. The van der Waals surface area contributed by atoms with Crippen molar-refractivity contribution in [2.24, 2.45) is 0 Å². The molecule has 0 saturated heterocycles. The number of hydrogen-bond acceptors (Lipinski definition) is 0. The molecule has 0 aromatic heterocycles. The van der Waals surface area contributed by atoms with E-state index < -0.39 is 0 Å². The SMILES string of the molecule is [c]1ccc[c]c1C=Cc1ccccc1. The van der Waals surface area contributed by atoms with Gasteiger partial charge in [-0.2, -0.15) is 0 Å². The van der Waals surface area contributed by atoms with E-state index in [1.807, 2.05) is 42.5 Å². The molecule has 14 heavy (non-hydrogen) atoms. The molecule has 0 spiro atoms. The summed E-state index contributed by atoms with van der Waals surface area (Å²) in [6.07, 6.45) is 4.07. The van der Waals surface area contributed by atoms with Crippen LogP contribution in [0.4, 0.5) is 0 Å². The van der Waals surface area contributed by atoms with Gasteiger partial charge in [-0.05, 0) is 23.3 Å². The van der Waals surface area contributed by atoms with E-state index >= 15 is 0 Å². The summed E-state index contributed by atoms with van der Waals surface area (Å²) in [7, 11) is 0. The lowest BCUT2D eigenvalue weighted by atomic mass is 10.1. The summed E-state index contributed by atoms with van der Waals surface area (Å²) in [5, 5.41) is 0. The van der Waals surface area contributed by atoms with Crippen LogP contribution in [0.25, 0.3) is 12.2 Å². The zero-order valence-electron chi connectivity index (χ0n) is 7.77. The third kappa shape index (κ3) is 2.33. The highest BCUT2D eigenvalue weighted by Crippen LogP contribution is 2.06. The molecule has 0 fully saturated rings. The van der Waals surface area contributed by atoms with Crippen LogP contribution in [-0.2, 0) is 0 Å². The van der Waals surface area contributed by atoms with Crippen molar-refractivity contribution in [3.8, 4) is 0 Å². The minimum absolute atomic E-state index is 0.983. The largest absolute Gasteiger partial charge is 0.0622 e. The minimum atomic E-state index is 0.983. The van der Waals surface area contributed by atoms with Gasteiger partial charge in [-0.15, -0.1) is 0 Å². The Morgan fingerprint density at radius 2 is 1.50 bits per heavy atom. The van der Waals surface area contributed by atoms with Crippen molar-refractivity contribution in [3.63, 3.8) is 0 Å². The van der Waals surface area contributed by atoms with E-state index in [2.05, 4.69) is 30.3 Å². The van der Waals surface area contributed by atoms with Crippen LogP contribution in [0.1, 0.15) is 11.1 Å². The average molecular weight is 178 g/mol. The first-order valence-corrected chi connectivity index (χ1v) is 4.57. The molecule has 2 rings (SSSR count). The van der Waals surface area contributed by atoms with Gasteiger partial charge in [0, 0.05) is 0 Å². The summed E-state index contributed by atoms with van der Waals surface area (Å²) in [5.74, 6) is 0. The highest BCUT2D eigenvalue weighted by molar-refractivity contribution is 5.68. The number of rotatable bonds is 2. The van der Waals surface area contributed by atoms with E-state index in [-0.39, 0.29) is 0 Å². The topological polar surface area (TPSA) is 0 Å². The Labute approximate surface area is 84.5 Å². The third-order valence-electron chi connectivity index (χ3n) is 1.91. The molecule has 0 saturated carbocycles. The Morgan fingerprint density at radius 1 is 0.786 bits per heavy atom. The minimum Gasteiger partial charge on any atom is -0.0622 e. The first kappa shape index (κ1) is 8.76. The predicted octanol–water partition coefficient (Wildman–Crippen LogP) is 3.46. The van der Waals surface area contributed by atoms with Gasteiger partial charge < -0.3 is 0 Å². The Bertz CT molecular complexity index is 357. The van der Waals surface area contributed by atoms with E-state index in [4.69, 9.17) is 0 Å². The average Bonchev–Trinajstić information content (AvgIpc) is 2.29. The van der Waals surface area contributed by atoms with Crippen LogP contribution < -0.4 is 0 Å². The molecule has 0 atom stereocenters. The lowest BCUT2D eigenvalue weighted by Gasteiger charge is -1.91. The fraction of sp³-hybridized carbons (Fsp3) is 0. The second-order valence-electron chi connectivity index (χ2n) is 2.97. The molecule has 2 aromatic rings. The Morgan fingerprint density at radius 3 is 2.21 bits per heavy atom. The molecule has 0 aliphatic carbocycles. The van der Waals surface area contributed by atoms with Crippen molar-refractivity contribution in [1.29, 1.82) is 0 Å². The molecule has 0 amide bonds. The highest BCUT2D eigenvalue weighted by Gasteiger charge is 1.85. The molecule has 0 nitrogen and oxygen atoms in total. The Kier molecular flexibility index (Phi) is 2.77. The lowest BCUT2D eigenvalue weighted by molar-refractivity contribution is 1.62. The first-order chi connectivity index (χ1) is 6.95. The van der Waals surface area contributed by atoms with Gasteiger partial charge in [-0.1, -0.05) is 60.7 Å². The summed E-state index contributed by atoms with van der Waals surface area (Å²) < 4.78 is 0. The molecule has 0 N–H and O–H groups in total. The summed E-state index contributed by atoms with van der Waals surface area (Å²) in [6.45, 7) is 0. The maximum absolute atomic E-state index is 3.10. The number of hydrogen-bond donors (Lipinski definition) is 0. The molecule has 0 unspecified atom stereocenters. The molecule has 2 aromatic carbocycles. The van der Waals surface area contributed by atoms with Gasteiger partial charge in [-0.3, -0.25) is 0 Å². The Balaban J connectivity index is 2.16. The molecular weight excluding hydrogens is 168 g/mol. The van der Waals surface area contributed by atoms with E-state index in [1.54, 1.807) is 0 Å². The summed E-state index contributed by atoms with van der Waals surface area (Å²) in [5.41, 5.74) is 2.18. The van der Waals surface area contributed by atoms with Gasteiger partial charge in [0.25, 0.3) is 0 Å². The second-order valence-corrected chi connectivity index (χ2v) is 2.97. The third-order valence-corrected chi connectivity index (χ3v) is 1.91. The molecule has 2 radical (unpaired) electrons. The van der Waals surface area contributed by atoms with Gasteiger partial charge >= 0.3 is 0 Å². The summed E-state index contributed by atoms with van der Waals surface area (Å²) >= 11 is 0. The zero-order valence-corrected chi connectivity index (χ0v) is 7.77. The van der Waals surface area contributed by atoms with Gasteiger partial charge in [-0.25, -0.2) is 0 Å². The molecule has 0 aliphatic rings. The van der Waals surface area contributed by atoms with E-state index in [9.17, 15) is 0 Å². The fourth-order valence-corrected chi connectivity index (χ4v) is 1.21. The zero-order chi connectivity index (χ0) is 9.64. The van der Waals surface area contributed by atoms with Crippen molar-refractivity contribution in [1.82, 2.24) is 0 Å². The normalized spacial score (nSPS) is 10.6. The van der Waals surface area contributed by atoms with Gasteiger partial charge in [0.05, 0.1) is 0 Å². The number of benzene rings is 2. The van der Waals surface area contributed by atoms with Crippen molar-refractivity contribution >= 4 is 12.2 Å². The highest BCUT2D eigenvalue weighted by atomic mass is 13.9.